The molecule has 24 heavy (non-hydrogen) atoms. The molecule has 0 fully saturated rings. The van der Waals surface area contributed by atoms with Crippen molar-refractivity contribution in [2.75, 3.05) is 11.4 Å². The molecule has 0 saturated carbocycles. The summed E-state index contributed by atoms with van der Waals surface area (Å²) in [6.07, 6.45) is 4.88. The predicted octanol–water partition coefficient (Wildman–Crippen LogP) is 2.97. The SMILES string of the molecule is CCN(C(=O)OC(C)(C)CC)c1cn(-c2ccc[n+]([O-])c2)nc1C. The van der Waals surface area contributed by atoms with E-state index in [4.69, 9.17) is 4.74 Å². The molecule has 0 aromatic carbocycles. The monoisotopic (exact) mass is 332 g/mol. The number of hydrogen-bond donors (Lipinski definition) is 0. The smallest absolute Gasteiger partial charge is 0.414 e. The minimum atomic E-state index is -0.526. The maximum Gasteiger partial charge on any atom is 0.414 e. The van der Waals surface area contributed by atoms with Crippen LogP contribution in [0.15, 0.2) is 30.7 Å². The van der Waals surface area contributed by atoms with Crippen LogP contribution in [0.3, 0.4) is 0 Å². The topological polar surface area (TPSA) is 74.3 Å². The Balaban J connectivity index is 2.31. The third kappa shape index (κ3) is 3.84. The molecule has 7 heteroatoms. The van der Waals surface area contributed by atoms with Crippen molar-refractivity contribution in [2.45, 2.75) is 46.6 Å². The summed E-state index contributed by atoms with van der Waals surface area (Å²) in [5.74, 6) is 0. The lowest BCUT2D eigenvalue weighted by atomic mass is 10.1. The molecule has 0 spiro atoms. The lowest BCUT2D eigenvalue weighted by Gasteiger charge is -2.28. The molecular weight excluding hydrogens is 308 g/mol. The molecular formula is C17H24N4O3. The summed E-state index contributed by atoms with van der Waals surface area (Å²) in [4.78, 5) is 14.1. The molecule has 2 heterocycles. The van der Waals surface area contributed by atoms with Crippen LogP contribution < -0.4 is 9.63 Å². The lowest BCUT2D eigenvalue weighted by Crippen LogP contribution is -2.38. The van der Waals surface area contributed by atoms with Crippen molar-refractivity contribution >= 4 is 11.8 Å². The van der Waals surface area contributed by atoms with Crippen molar-refractivity contribution in [1.82, 2.24) is 9.78 Å². The van der Waals surface area contributed by atoms with Crippen molar-refractivity contribution in [1.29, 1.82) is 0 Å². The Hall–Kier alpha value is -2.57. The van der Waals surface area contributed by atoms with Gasteiger partial charge in [0.15, 0.2) is 6.20 Å². The summed E-state index contributed by atoms with van der Waals surface area (Å²) < 4.78 is 7.87. The number of aromatic nitrogens is 3. The van der Waals surface area contributed by atoms with E-state index in [9.17, 15) is 10.0 Å². The molecule has 0 unspecified atom stereocenters. The minimum absolute atomic E-state index is 0.404. The zero-order chi connectivity index (χ0) is 17.9. The van der Waals surface area contributed by atoms with Crippen molar-refractivity contribution in [3.63, 3.8) is 0 Å². The highest BCUT2D eigenvalue weighted by molar-refractivity contribution is 5.88. The Morgan fingerprint density at radius 3 is 2.75 bits per heavy atom. The van der Waals surface area contributed by atoms with Crippen molar-refractivity contribution in [3.8, 4) is 5.69 Å². The van der Waals surface area contributed by atoms with E-state index in [1.165, 1.54) is 12.4 Å². The maximum absolute atomic E-state index is 12.5. The van der Waals surface area contributed by atoms with Crippen LogP contribution in [0.5, 0.6) is 0 Å². The van der Waals surface area contributed by atoms with Crippen molar-refractivity contribution < 1.29 is 14.3 Å². The molecule has 1 amide bonds. The van der Waals surface area contributed by atoms with Gasteiger partial charge in [0.05, 0.1) is 17.6 Å². The van der Waals surface area contributed by atoms with Gasteiger partial charge in [-0.1, -0.05) is 6.92 Å². The van der Waals surface area contributed by atoms with Gasteiger partial charge in [-0.25, -0.2) is 9.48 Å². The second-order valence-corrected chi connectivity index (χ2v) is 6.19. The summed E-state index contributed by atoms with van der Waals surface area (Å²) in [5, 5.41) is 15.8. The second kappa shape index (κ2) is 6.90. The van der Waals surface area contributed by atoms with Crippen molar-refractivity contribution in [3.05, 3.63) is 41.6 Å². The molecule has 0 aliphatic heterocycles. The van der Waals surface area contributed by atoms with Crippen molar-refractivity contribution in [2.24, 2.45) is 0 Å². The Kier molecular flexibility index (Phi) is 5.11. The van der Waals surface area contributed by atoms with Crippen LogP contribution in [0.2, 0.25) is 0 Å². The zero-order valence-corrected chi connectivity index (χ0v) is 14.8. The first-order chi connectivity index (χ1) is 11.3. The number of ether oxygens (including phenoxy) is 1. The molecule has 2 rings (SSSR count). The van der Waals surface area contributed by atoms with Crippen LogP contribution >= 0.6 is 0 Å². The van der Waals surface area contributed by atoms with Crippen LogP contribution in [-0.2, 0) is 4.74 Å². The highest BCUT2D eigenvalue weighted by atomic mass is 16.6. The number of anilines is 1. The minimum Gasteiger partial charge on any atom is -0.619 e. The van der Waals surface area contributed by atoms with Gasteiger partial charge in [-0.15, -0.1) is 0 Å². The molecule has 2 aromatic heterocycles. The first-order valence-electron chi connectivity index (χ1n) is 8.03. The van der Waals surface area contributed by atoms with Crippen LogP contribution in [0, 0.1) is 12.1 Å². The molecule has 2 aromatic rings. The summed E-state index contributed by atoms with van der Waals surface area (Å²) in [6, 6.07) is 3.42. The third-order valence-electron chi connectivity index (χ3n) is 3.94. The van der Waals surface area contributed by atoms with Gasteiger partial charge in [0, 0.05) is 12.6 Å². The average Bonchev–Trinajstić information content (AvgIpc) is 2.89. The molecule has 0 N–H and O–H groups in total. The normalized spacial score (nSPS) is 11.4. The van der Waals surface area contributed by atoms with Gasteiger partial charge in [-0.3, -0.25) is 4.90 Å². The highest BCUT2D eigenvalue weighted by Crippen LogP contribution is 2.24. The quantitative estimate of drug-likeness (QED) is 0.623. The summed E-state index contributed by atoms with van der Waals surface area (Å²) in [7, 11) is 0. The van der Waals surface area contributed by atoms with Gasteiger partial charge in [0.25, 0.3) is 0 Å². The van der Waals surface area contributed by atoms with E-state index in [1.54, 1.807) is 27.9 Å². The lowest BCUT2D eigenvalue weighted by molar-refractivity contribution is -0.605. The van der Waals surface area contributed by atoms with E-state index >= 15 is 0 Å². The number of pyridine rings is 1. The van der Waals surface area contributed by atoms with Crippen LogP contribution in [-0.4, -0.2) is 28.0 Å². The van der Waals surface area contributed by atoms with Gasteiger partial charge in [-0.05, 0) is 40.2 Å². The number of rotatable bonds is 5. The number of carbonyl (C=O) groups is 1. The molecule has 0 aliphatic carbocycles. The van der Waals surface area contributed by atoms with E-state index in [2.05, 4.69) is 5.10 Å². The molecule has 0 atom stereocenters. The third-order valence-corrected chi connectivity index (χ3v) is 3.94. The summed E-state index contributed by atoms with van der Waals surface area (Å²) in [5.41, 5.74) is 1.45. The number of amides is 1. The Labute approximate surface area is 142 Å². The fourth-order valence-electron chi connectivity index (χ4n) is 2.19. The number of hydrogen-bond acceptors (Lipinski definition) is 4. The van der Waals surface area contributed by atoms with Crippen LogP contribution in [0.25, 0.3) is 5.69 Å². The number of aryl methyl sites for hydroxylation is 1. The van der Waals surface area contributed by atoms with E-state index in [-0.39, 0.29) is 0 Å². The Bertz CT molecular complexity index is 724. The fourth-order valence-corrected chi connectivity index (χ4v) is 2.19. The first kappa shape index (κ1) is 17.8. The largest absolute Gasteiger partial charge is 0.619 e. The fraction of sp³-hybridized carbons (Fsp3) is 0.471. The predicted molar refractivity (Wildman–Crippen MR) is 91.1 cm³/mol. The van der Waals surface area contributed by atoms with Gasteiger partial charge >= 0.3 is 6.09 Å². The van der Waals surface area contributed by atoms with E-state index < -0.39 is 11.7 Å². The first-order valence-corrected chi connectivity index (χ1v) is 8.03. The van der Waals surface area contributed by atoms with Gasteiger partial charge in [0.1, 0.15) is 11.3 Å². The van der Waals surface area contributed by atoms with Crippen LogP contribution in [0.4, 0.5) is 10.5 Å². The zero-order valence-electron chi connectivity index (χ0n) is 14.8. The average molecular weight is 332 g/mol. The van der Waals surface area contributed by atoms with E-state index in [0.29, 0.717) is 28.3 Å². The second-order valence-electron chi connectivity index (χ2n) is 6.19. The van der Waals surface area contributed by atoms with Gasteiger partial charge in [0.2, 0.25) is 6.20 Å². The Morgan fingerprint density at radius 1 is 1.46 bits per heavy atom. The summed E-state index contributed by atoms with van der Waals surface area (Å²) >= 11 is 0. The summed E-state index contributed by atoms with van der Waals surface area (Å²) in [6.45, 7) is 9.89. The van der Waals surface area contributed by atoms with Crippen LogP contribution in [0.1, 0.15) is 39.8 Å². The molecule has 130 valence electrons. The maximum atomic E-state index is 12.5. The number of carbonyl (C=O) groups excluding carboxylic acids is 1. The number of nitrogens with zero attached hydrogens (tertiary/aromatic N) is 4. The Morgan fingerprint density at radius 2 is 2.17 bits per heavy atom. The van der Waals surface area contributed by atoms with E-state index in [1.807, 2.05) is 34.6 Å². The molecule has 0 radical (unpaired) electrons. The molecule has 7 nitrogen and oxygen atoms in total. The molecule has 0 saturated heterocycles. The van der Waals surface area contributed by atoms with E-state index in [0.717, 1.165) is 6.42 Å². The molecule has 0 aliphatic rings. The van der Waals surface area contributed by atoms with Gasteiger partial charge < -0.3 is 9.94 Å². The highest BCUT2D eigenvalue weighted by Gasteiger charge is 2.26. The molecule has 0 bridgehead atoms. The standard InChI is InChI=1S/C17H24N4O3/c1-6-17(4,5)24-16(22)20(7-2)15-12-21(18-13(15)3)14-9-8-10-19(23)11-14/h8-12H,6-7H2,1-5H3. The van der Waals surface area contributed by atoms with Gasteiger partial charge in [-0.2, -0.15) is 9.83 Å².